The first-order chi connectivity index (χ1) is 11.0. The summed E-state index contributed by atoms with van der Waals surface area (Å²) in [6.07, 6.45) is 10.9. The molecule has 0 aromatic heterocycles. The molecular weight excluding hydrogens is 300 g/mol. The van der Waals surface area contributed by atoms with Crippen LogP contribution in [0.25, 0.3) is 0 Å². The van der Waals surface area contributed by atoms with E-state index >= 15 is 0 Å². The molecule has 0 fully saturated rings. The molecule has 1 unspecified atom stereocenters. The molecule has 0 saturated heterocycles. The molecule has 0 spiro atoms. The summed E-state index contributed by atoms with van der Waals surface area (Å²) in [6.45, 7) is 13.7. The highest BCUT2D eigenvalue weighted by atomic mass is 16.3. The second-order valence-corrected chi connectivity index (χ2v) is 7.91. The Kier molecular flexibility index (Phi) is 15.5. The fourth-order valence-corrected chi connectivity index (χ4v) is 2.00. The Balaban J connectivity index is 0. The van der Waals surface area contributed by atoms with E-state index in [9.17, 15) is 9.90 Å². The van der Waals surface area contributed by atoms with E-state index < -0.39 is 5.72 Å². The van der Waals surface area contributed by atoms with Crippen LogP contribution in [0, 0.1) is 0 Å². The minimum atomic E-state index is -0.985. The lowest BCUT2D eigenvalue weighted by Crippen LogP contribution is -2.22. The number of carbonyl (C=O) groups excluding carboxylic acids is 1. The van der Waals surface area contributed by atoms with Gasteiger partial charge in [0.05, 0.1) is 5.54 Å². The molecule has 0 rings (SSSR count). The summed E-state index contributed by atoms with van der Waals surface area (Å²) in [7, 11) is 0. The number of ketones is 1. The summed E-state index contributed by atoms with van der Waals surface area (Å²) >= 11 is 0. The smallest absolute Gasteiger partial charge is 0.173 e. The lowest BCUT2D eigenvalue weighted by atomic mass is 10.1. The maximum Gasteiger partial charge on any atom is 0.173 e. The number of rotatable bonds is 11. The lowest BCUT2D eigenvalue weighted by Gasteiger charge is -2.19. The molecule has 0 aliphatic carbocycles. The van der Waals surface area contributed by atoms with E-state index in [2.05, 4.69) is 24.1 Å². The monoisotopic (exact) mass is 342 g/mol. The third-order valence-corrected chi connectivity index (χ3v) is 3.45. The van der Waals surface area contributed by atoms with Crippen molar-refractivity contribution in [3.8, 4) is 0 Å². The van der Waals surface area contributed by atoms with Crippen molar-refractivity contribution >= 4 is 5.78 Å². The van der Waals surface area contributed by atoms with Gasteiger partial charge in [-0.15, -0.1) is 0 Å². The molecular formula is C20H42N2O2. The summed E-state index contributed by atoms with van der Waals surface area (Å²) in [5.41, 5.74) is -1.19. The van der Waals surface area contributed by atoms with Crippen LogP contribution in [0.1, 0.15) is 113 Å². The van der Waals surface area contributed by atoms with E-state index in [1.54, 1.807) is 13.8 Å². The van der Waals surface area contributed by atoms with Gasteiger partial charge >= 0.3 is 0 Å². The van der Waals surface area contributed by atoms with Crippen LogP contribution in [0.5, 0.6) is 0 Å². The second-order valence-electron chi connectivity index (χ2n) is 7.91. The summed E-state index contributed by atoms with van der Waals surface area (Å²) in [6, 6.07) is 0. The standard InChI is InChI=1S/C12H26N2O.C8H16O/c1-6-7-8-9-10-12(5,15)14-13-11(2,3)4;1-3-4-5-6-7-8(2)9/h15H,6-10H2,1-5H3;3-7H2,1-2H3/b14-13+;. The van der Waals surface area contributed by atoms with E-state index in [1.807, 2.05) is 20.8 Å². The summed E-state index contributed by atoms with van der Waals surface area (Å²) < 4.78 is 0. The number of unbranched alkanes of at least 4 members (excludes halogenated alkanes) is 6. The number of azo groups is 1. The maximum atomic E-state index is 10.4. The van der Waals surface area contributed by atoms with Crippen molar-refractivity contribution in [2.24, 2.45) is 10.2 Å². The van der Waals surface area contributed by atoms with Crippen LogP contribution in [0.2, 0.25) is 0 Å². The first-order valence-electron chi connectivity index (χ1n) is 9.70. The summed E-state index contributed by atoms with van der Waals surface area (Å²) in [4.78, 5) is 10.4. The van der Waals surface area contributed by atoms with Crippen LogP contribution >= 0.6 is 0 Å². The number of nitrogens with zero attached hydrogens (tertiary/aromatic N) is 2. The zero-order valence-electron chi connectivity index (χ0n) is 17.3. The van der Waals surface area contributed by atoms with Crippen LogP contribution in [-0.2, 0) is 4.79 Å². The molecule has 0 saturated carbocycles. The van der Waals surface area contributed by atoms with Gasteiger partial charge in [0, 0.05) is 6.42 Å². The highest BCUT2D eigenvalue weighted by Gasteiger charge is 2.19. The molecule has 0 aliphatic rings. The first kappa shape index (κ1) is 25.5. The summed E-state index contributed by atoms with van der Waals surface area (Å²) in [5.74, 6) is 0.325. The Hall–Kier alpha value is -0.770. The van der Waals surface area contributed by atoms with Crippen LogP contribution in [0.4, 0.5) is 0 Å². The zero-order valence-corrected chi connectivity index (χ0v) is 17.3. The van der Waals surface area contributed by atoms with Crippen molar-refractivity contribution in [3.05, 3.63) is 0 Å². The minimum Gasteiger partial charge on any atom is -0.368 e. The van der Waals surface area contributed by atoms with Gasteiger partial charge < -0.3 is 9.90 Å². The van der Waals surface area contributed by atoms with Crippen molar-refractivity contribution < 1.29 is 9.90 Å². The quantitative estimate of drug-likeness (QED) is 0.346. The van der Waals surface area contributed by atoms with Crippen LogP contribution in [0.15, 0.2) is 10.2 Å². The average molecular weight is 343 g/mol. The number of Topliss-reactive ketones (excluding diaryl/α,β-unsaturated/α-hetero) is 1. The van der Waals surface area contributed by atoms with Crippen molar-refractivity contribution in [2.75, 3.05) is 0 Å². The van der Waals surface area contributed by atoms with E-state index in [0.29, 0.717) is 12.2 Å². The second kappa shape index (κ2) is 14.6. The predicted molar refractivity (Wildman–Crippen MR) is 103 cm³/mol. The Morgan fingerprint density at radius 2 is 1.33 bits per heavy atom. The third kappa shape index (κ3) is 23.5. The molecule has 144 valence electrons. The normalized spacial score (nSPS) is 14.2. The predicted octanol–water partition coefficient (Wildman–Crippen LogP) is 6.46. The van der Waals surface area contributed by atoms with Gasteiger partial charge in [0.1, 0.15) is 5.78 Å². The SMILES string of the molecule is CCCCCCC(C)(O)/N=N/C(C)(C)C.CCCCCCC(C)=O. The van der Waals surface area contributed by atoms with Crippen molar-refractivity contribution in [1.29, 1.82) is 0 Å². The molecule has 0 amide bonds. The number of hydrogen-bond donors (Lipinski definition) is 1. The molecule has 0 bridgehead atoms. The molecule has 0 heterocycles. The Morgan fingerprint density at radius 1 is 0.833 bits per heavy atom. The van der Waals surface area contributed by atoms with Gasteiger partial charge in [0.15, 0.2) is 5.72 Å². The van der Waals surface area contributed by atoms with Crippen molar-refractivity contribution in [1.82, 2.24) is 0 Å². The van der Waals surface area contributed by atoms with E-state index in [0.717, 1.165) is 25.7 Å². The van der Waals surface area contributed by atoms with Crippen LogP contribution < -0.4 is 0 Å². The molecule has 0 aromatic carbocycles. The molecule has 4 nitrogen and oxygen atoms in total. The molecule has 24 heavy (non-hydrogen) atoms. The van der Waals surface area contributed by atoms with Gasteiger partial charge in [-0.05, 0) is 53.9 Å². The van der Waals surface area contributed by atoms with Crippen molar-refractivity contribution in [2.45, 2.75) is 124 Å². The molecule has 1 atom stereocenters. The van der Waals surface area contributed by atoms with Gasteiger partial charge in [0.2, 0.25) is 0 Å². The maximum absolute atomic E-state index is 10.4. The van der Waals surface area contributed by atoms with Crippen molar-refractivity contribution in [3.63, 3.8) is 0 Å². The van der Waals surface area contributed by atoms with Gasteiger partial charge in [0.25, 0.3) is 0 Å². The molecule has 0 aliphatic heterocycles. The van der Waals surface area contributed by atoms with Gasteiger partial charge in [-0.25, -0.2) is 0 Å². The Morgan fingerprint density at radius 3 is 1.75 bits per heavy atom. The van der Waals surface area contributed by atoms with E-state index in [1.165, 1.54) is 32.1 Å². The number of carbonyl (C=O) groups is 1. The van der Waals surface area contributed by atoms with Crippen LogP contribution in [0.3, 0.4) is 0 Å². The summed E-state index contributed by atoms with van der Waals surface area (Å²) in [5, 5.41) is 18.0. The Labute approximate surface area is 150 Å². The average Bonchev–Trinajstić information content (AvgIpc) is 2.46. The third-order valence-electron chi connectivity index (χ3n) is 3.45. The van der Waals surface area contributed by atoms with Gasteiger partial charge in [-0.3, -0.25) is 0 Å². The first-order valence-corrected chi connectivity index (χ1v) is 9.70. The molecule has 0 radical (unpaired) electrons. The number of hydrogen-bond acceptors (Lipinski definition) is 4. The highest BCUT2D eigenvalue weighted by Crippen LogP contribution is 2.19. The molecule has 1 N–H and O–H groups in total. The largest absolute Gasteiger partial charge is 0.368 e. The highest BCUT2D eigenvalue weighted by molar-refractivity contribution is 5.75. The Bertz CT molecular complexity index is 331. The van der Waals surface area contributed by atoms with E-state index in [4.69, 9.17) is 0 Å². The van der Waals surface area contributed by atoms with Gasteiger partial charge in [-0.1, -0.05) is 52.4 Å². The molecule has 0 aromatic rings. The lowest BCUT2D eigenvalue weighted by molar-refractivity contribution is -0.117. The van der Waals surface area contributed by atoms with Crippen LogP contribution in [-0.4, -0.2) is 22.2 Å². The number of aliphatic hydroxyl groups is 1. The molecule has 4 heteroatoms. The zero-order chi connectivity index (χ0) is 19.1. The minimum absolute atomic E-state index is 0.201. The fourth-order valence-electron chi connectivity index (χ4n) is 2.00. The van der Waals surface area contributed by atoms with E-state index in [-0.39, 0.29) is 5.54 Å². The fraction of sp³-hybridized carbons (Fsp3) is 0.950. The van der Waals surface area contributed by atoms with Gasteiger partial charge in [-0.2, -0.15) is 10.2 Å². The topological polar surface area (TPSA) is 62.0 Å².